The van der Waals surface area contributed by atoms with Crippen molar-refractivity contribution < 1.29 is 20.1 Å². The second kappa shape index (κ2) is 3.43. The van der Waals surface area contributed by atoms with Gasteiger partial charge in [0, 0.05) is 0 Å². The number of aliphatic hydroxyl groups is 3. The SMILES string of the molecule is CC1=C(O)[C@@H](O)C(CO)OC1C. The molecule has 0 amide bonds. The van der Waals surface area contributed by atoms with Crippen LogP contribution in [-0.2, 0) is 4.74 Å². The van der Waals surface area contributed by atoms with Crippen LogP contribution in [0.3, 0.4) is 0 Å². The summed E-state index contributed by atoms with van der Waals surface area (Å²) >= 11 is 0. The molecule has 1 rings (SSSR count). The molecule has 1 heterocycles. The summed E-state index contributed by atoms with van der Waals surface area (Å²) in [5.41, 5.74) is 0.618. The second-order valence-electron chi connectivity index (χ2n) is 3.01. The lowest BCUT2D eigenvalue weighted by atomic mass is 10.0. The van der Waals surface area contributed by atoms with Gasteiger partial charge in [0.05, 0.1) is 12.7 Å². The van der Waals surface area contributed by atoms with Gasteiger partial charge in [-0.1, -0.05) is 0 Å². The molecule has 0 aliphatic carbocycles. The number of aliphatic hydroxyl groups excluding tert-OH is 3. The molecule has 4 heteroatoms. The molecule has 0 aromatic rings. The van der Waals surface area contributed by atoms with Crippen molar-refractivity contribution in [2.45, 2.75) is 32.2 Å². The standard InChI is InChI=1S/C8H14O4/c1-4-5(2)12-6(3-9)8(11)7(4)10/h5-6,8-11H,3H2,1-2H3/t5?,6?,8-/m0/s1. The largest absolute Gasteiger partial charge is 0.509 e. The fraction of sp³-hybridized carbons (Fsp3) is 0.750. The summed E-state index contributed by atoms with van der Waals surface area (Å²) in [4.78, 5) is 0. The van der Waals surface area contributed by atoms with Crippen molar-refractivity contribution in [1.82, 2.24) is 0 Å². The van der Waals surface area contributed by atoms with Gasteiger partial charge >= 0.3 is 0 Å². The second-order valence-corrected chi connectivity index (χ2v) is 3.01. The molecule has 70 valence electrons. The van der Waals surface area contributed by atoms with Crippen LogP contribution in [0.15, 0.2) is 11.3 Å². The maximum atomic E-state index is 9.36. The molecule has 0 fully saturated rings. The van der Waals surface area contributed by atoms with Crippen molar-refractivity contribution in [3.05, 3.63) is 11.3 Å². The average Bonchev–Trinajstić information content (AvgIpc) is 2.08. The number of hydrogen-bond acceptors (Lipinski definition) is 4. The van der Waals surface area contributed by atoms with Gasteiger partial charge in [0.2, 0.25) is 0 Å². The van der Waals surface area contributed by atoms with E-state index in [0.717, 1.165) is 0 Å². The average molecular weight is 174 g/mol. The fourth-order valence-corrected chi connectivity index (χ4v) is 1.20. The van der Waals surface area contributed by atoms with E-state index in [9.17, 15) is 10.2 Å². The molecule has 1 aliphatic heterocycles. The molecule has 3 N–H and O–H groups in total. The minimum absolute atomic E-state index is 0.0761. The van der Waals surface area contributed by atoms with E-state index in [1.165, 1.54) is 0 Å². The molecule has 2 unspecified atom stereocenters. The summed E-state index contributed by atoms with van der Waals surface area (Å²) < 4.78 is 5.21. The Balaban J connectivity index is 2.85. The van der Waals surface area contributed by atoms with E-state index in [4.69, 9.17) is 9.84 Å². The smallest absolute Gasteiger partial charge is 0.139 e. The highest BCUT2D eigenvalue weighted by atomic mass is 16.5. The van der Waals surface area contributed by atoms with E-state index in [1.807, 2.05) is 0 Å². The molecule has 0 radical (unpaired) electrons. The van der Waals surface area contributed by atoms with Crippen LogP contribution in [0.4, 0.5) is 0 Å². The van der Waals surface area contributed by atoms with Crippen LogP contribution in [0, 0.1) is 0 Å². The zero-order valence-electron chi connectivity index (χ0n) is 7.19. The predicted octanol–water partition coefficient (Wildman–Crippen LogP) is -0.0411. The van der Waals surface area contributed by atoms with E-state index >= 15 is 0 Å². The maximum absolute atomic E-state index is 9.36. The molecule has 4 nitrogen and oxygen atoms in total. The van der Waals surface area contributed by atoms with E-state index in [0.29, 0.717) is 5.57 Å². The third kappa shape index (κ3) is 1.46. The van der Waals surface area contributed by atoms with Crippen LogP contribution < -0.4 is 0 Å². The molecule has 0 aromatic heterocycles. The molecule has 1 aliphatic rings. The van der Waals surface area contributed by atoms with Crippen LogP contribution >= 0.6 is 0 Å². The Hall–Kier alpha value is -0.580. The van der Waals surface area contributed by atoms with Crippen LogP contribution in [0.2, 0.25) is 0 Å². The normalized spacial score (nSPS) is 37.2. The Bertz CT molecular complexity index is 199. The van der Waals surface area contributed by atoms with Gasteiger partial charge in [-0.2, -0.15) is 0 Å². The summed E-state index contributed by atoms with van der Waals surface area (Å²) in [7, 11) is 0. The van der Waals surface area contributed by atoms with Crippen LogP contribution in [0.1, 0.15) is 13.8 Å². The van der Waals surface area contributed by atoms with E-state index in [2.05, 4.69) is 0 Å². The van der Waals surface area contributed by atoms with Crippen LogP contribution in [0.25, 0.3) is 0 Å². The van der Waals surface area contributed by atoms with Crippen molar-refractivity contribution in [2.24, 2.45) is 0 Å². The molecular weight excluding hydrogens is 160 g/mol. The topological polar surface area (TPSA) is 69.9 Å². The summed E-state index contributed by atoms with van der Waals surface area (Å²) in [6.45, 7) is 3.17. The van der Waals surface area contributed by atoms with E-state index in [-0.39, 0.29) is 18.5 Å². The lowest BCUT2D eigenvalue weighted by Gasteiger charge is -2.31. The Kier molecular flexibility index (Phi) is 2.72. The van der Waals surface area contributed by atoms with Crippen molar-refractivity contribution >= 4 is 0 Å². The number of ether oxygens (including phenoxy) is 1. The van der Waals surface area contributed by atoms with E-state index < -0.39 is 12.2 Å². The summed E-state index contributed by atoms with van der Waals surface area (Å²) in [5, 5.41) is 27.5. The van der Waals surface area contributed by atoms with Gasteiger partial charge in [0.15, 0.2) is 0 Å². The van der Waals surface area contributed by atoms with Gasteiger partial charge in [-0.3, -0.25) is 0 Å². The predicted molar refractivity (Wildman–Crippen MR) is 42.8 cm³/mol. The molecule has 3 atom stereocenters. The zero-order valence-corrected chi connectivity index (χ0v) is 7.19. The Labute approximate surface area is 71.1 Å². The first-order valence-electron chi connectivity index (χ1n) is 3.92. The van der Waals surface area contributed by atoms with E-state index in [1.54, 1.807) is 13.8 Å². The maximum Gasteiger partial charge on any atom is 0.139 e. The lowest BCUT2D eigenvalue weighted by molar-refractivity contribution is -0.0974. The van der Waals surface area contributed by atoms with Gasteiger partial charge < -0.3 is 20.1 Å². The van der Waals surface area contributed by atoms with Gasteiger partial charge in [-0.25, -0.2) is 0 Å². The molecular formula is C8H14O4. The third-order valence-corrected chi connectivity index (χ3v) is 2.20. The molecule has 12 heavy (non-hydrogen) atoms. The van der Waals surface area contributed by atoms with Crippen molar-refractivity contribution in [3.8, 4) is 0 Å². The quantitative estimate of drug-likeness (QED) is 0.521. The molecule has 0 bridgehead atoms. The van der Waals surface area contributed by atoms with Crippen molar-refractivity contribution in [3.63, 3.8) is 0 Å². The summed E-state index contributed by atoms with van der Waals surface area (Å²) in [6, 6.07) is 0. The van der Waals surface area contributed by atoms with Gasteiger partial charge in [-0.15, -0.1) is 0 Å². The molecule has 0 saturated carbocycles. The first-order chi connectivity index (χ1) is 5.57. The highest BCUT2D eigenvalue weighted by Gasteiger charge is 2.32. The third-order valence-electron chi connectivity index (χ3n) is 2.20. The monoisotopic (exact) mass is 174 g/mol. The van der Waals surface area contributed by atoms with Crippen molar-refractivity contribution in [1.29, 1.82) is 0 Å². The summed E-state index contributed by atoms with van der Waals surface area (Å²) in [6.07, 6.45) is -2.04. The highest BCUT2D eigenvalue weighted by Crippen LogP contribution is 2.23. The minimum Gasteiger partial charge on any atom is -0.509 e. The van der Waals surface area contributed by atoms with Crippen LogP contribution in [-0.4, -0.2) is 40.2 Å². The first kappa shape index (κ1) is 9.51. The molecule has 0 saturated heterocycles. The zero-order chi connectivity index (χ0) is 9.30. The summed E-state index contributed by atoms with van der Waals surface area (Å²) in [5.74, 6) is -0.0761. The van der Waals surface area contributed by atoms with Gasteiger partial charge in [0.25, 0.3) is 0 Å². The number of hydrogen-bond donors (Lipinski definition) is 3. The first-order valence-corrected chi connectivity index (χ1v) is 3.92. The van der Waals surface area contributed by atoms with Crippen LogP contribution in [0.5, 0.6) is 0 Å². The van der Waals surface area contributed by atoms with Gasteiger partial charge in [0.1, 0.15) is 18.0 Å². The van der Waals surface area contributed by atoms with Crippen molar-refractivity contribution in [2.75, 3.05) is 6.61 Å². The minimum atomic E-state index is -1.09. The Morgan fingerprint density at radius 2 is 2.08 bits per heavy atom. The highest BCUT2D eigenvalue weighted by molar-refractivity contribution is 5.17. The number of rotatable bonds is 1. The Morgan fingerprint density at radius 1 is 1.50 bits per heavy atom. The van der Waals surface area contributed by atoms with Gasteiger partial charge in [-0.05, 0) is 19.4 Å². The molecule has 0 spiro atoms. The molecule has 0 aromatic carbocycles. The lowest BCUT2D eigenvalue weighted by Crippen LogP contribution is -2.41. The fourth-order valence-electron chi connectivity index (χ4n) is 1.20. The Morgan fingerprint density at radius 3 is 2.58 bits per heavy atom.